The zero-order chi connectivity index (χ0) is 12.5. The Kier molecular flexibility index (Phi) is 3.38. The third-order valence-corrected chi connectivity index (χ3v) is 3.83. The van der Waals surface area contributed by atoms with Gasteiger partial charge in [0.25, 0.3) is 0 Å². The maximum Gasteiger partial charge on any atom is 0.332 e. The van der Waals surface area contributed by atoms with Crippen molar-refractivity contribution in [3.05, 3.63) is 0 Å². The summed E-state index contributed by atoms with van der Waals surface area (Å²) < 4.78 is 5.11. The molecule has 0 aliphatic carbocycles. The van der Waals surface area contributed by atoms with Crippen LogP contribution in [-0.2, 0) is 14.3 Å². The number of hydrogen-bond donors (Lipinski definition) is 1. The fourth-order valence-electron chi connectivity index (χ4n) is 3.09. The third-order valence-electron chi connectivity index (χ3n) is 3.83. The van der Waals surface area contributed by atoms with Crippen LogP contribution in [0.3, 0.4) is 0 Å². The molecule has 5 nitrogen and oxygen atoms in total. The molecule has 0 saturated carbocycles. The first-order valence-corrected chi connectivity index (χ1v) is 6.26. The second-order valence-electron chi connectivity index (χ2n) is 4.74. The van der Waals surface area contributed by atoms with Crippen molar-refractivity contribution in [2.45, 2.75) is 50.6 Å². The van der Waals surface area contributed by atoms with Crippen molar-refractivity contribution in [1.29, 1.82) is 0 Å². The lowest BCUT2D eigenvalue weighted by Crippen LogP contribution is -2.59. The molecule has 17 heavy (non-hydrogen) atoms. The van der Waals surface area contributed by atoms with Crippen LogP contribution in [0.25, 0.3) is 0 Å². The number of hydrogen-bond acceptors (Lipinski definition) is 4. The van der Waals surface area contributed by atoms with E-state index in [-0.39, 0.29) is 24.5 Å². The van der Waals surface area contributed by atoms with Crippen molar-refractivity contribution in [2.75, 3.05) is 13.2 Å². The van der Waals surface area contributed by atoms with Gasteiger partial charge >= 0.3 is 5.97 Å². The minimum absolute atomic E-state index is 0.0270. The summed E-state index contributed by atoms with van der Waals surface area (Å²) in [5.41, 5.74) is -0.793. The molecule has 1 amide bonds. The molecule has 0 radical (unpaired) electrons. The highest BCUT2D eigenvalue weighted by molar-refractivity contribution is 5.90. The van der Waals surface area contributed by atoms with Gasteiger partial charge in [0.15, 0.2) is 0 Å². The van der Waals surface area contributed by atoms with E-state index in [1.165, 1.54) is 0 Å². The first kappa shape index (κ1) is 12.4. The molecule has 0 aromatic heterocycles. The Balaban J connectivity index is 2.29. The average molecular weight is 241 g/mol. The normalized spacial score (nSPS) is 32.5. The Morgan fingerprint density at radius 3 is 3.00 bits per heavy atom. The highest BCUT2D eigenvalue weighted by Crippen LogP contribution is 2.42. The van der Waals surface area contributed by atoms with Gasteiger partial charge in [0.2, 0.25) is 5.91 Å². The molecule has 0 aromatic rings. The summed E-state index contributed by atoms with van der Waals surface area (Å²) in [5, 5.41) is 9.30. The van der Waals surface area contributed by atoms with Gasteiger partial charge in [-0.15, -0.1) is 0 Å². The van der Waals surface area contributed by atoms with Crippen LogP contribution in [0, 0.1) is 0 Å². The number of esters is 1. The van der Waals surface area contributed by atoms with Crippen LogP contribution in [0.4, 0.5) is 0 Å². The van der Waals surface area contributed by atoms with Crippen molar-refractivity contribution >= 4 is 11.9 Å². The van der Waals surface area contributed by atoms with E-state index in [1.54, 1.807) is 11.8 Å². The molecule has 2 atom stereocenters. The number of carbonyl (C=O) groups is 2. The number of aliphatic hydroxyl groups is 1. The number of fused-ring (bicyclic) bond motifs is 1. The van der Waals surface area contributed by atoms with Gasteiger partial charge in [-0.1, -0.05) is 0 Å². The third kappa shape index (κ3) is 1.82. The maximum atomic E-state index is 12.1. The monoisotopic (exact) mass is 241 g/mol. The largest absolute Gasteiger partial charge is 0.464 e. The van der Waals surface area contributed by atoms with Crippen LogP contribution >= 0.6 is 0 Å². The standard InChI is InChI=1S/C12H19NO4/c1-2-17-11(16)12-6-3-4-10(15)13(12)9(8-14)5-7-12/h9,14H,2-8H2,1H3/t9-,12-/m0/s1. The maximum absolute atomic E-state index is 12.1. The van der Waals surface area contributed by atoms with E-state index in [0.717, 1.165) is 6.42 Å². The quantitative estimate of drug-likeness (QED) is 0.729. The van der Waals surface area contributed by atoms with Crippen LogP contribution in [0.5, 0.6) is 0 Å². The minimum atomic E-state index is -0.793. The van der Waals surface area contributed by atoms with E-state index < -0.39 is 5.54 Å². The number of aliphatic hydroxyl groups excluding tert-OH is 1. The SMILES string of the molecule is CCOC(=O)[C@@]12CCCC(=O)N1[C@H](CO)CC2. The highest BCUT2D eigenvalue weighted by atomic mass is 16.5. The Morgan fingerprint density at radius 2 is 2.35 bits per heavy atom. The fraction of sp³-hybridized carbons (Fsp3) is 0.833. The van der Waals surface area contributed by atoms with E-state index >= 15 is 0 Å². The molecular formula is C12H19NO4. The predicted octanol–water partition coefficient (Wildman–Crippen LogP) is 0.455. The molecule has 2 rings (SSSR count). The number of ether oxygens (including phenoxy) is 1. The van der Waals surface area contributed by atoms with Crippen molar-refractivity contribution in [1.82, 2.24) is 4.90 Å². The number of rotatable bonds is 3. The van der Waals surface area contributed by atoms with E-state index in [9.17, 15) is 14.7 Å². The Bertz CT molecular complexity index is 330. The van der Waals surface area contributed by atoms with Crippen LogP contribution in [0.2, 0.25) is 0 Å². The van der Waals surface area contributed by atoms with Crippen molar-refractivity contribution in [3.63, 3.8) is 0 Å². The van der Waals surface area contributed by atoms with E-state index in [1.807, 2.05) is 0 Å². The topological polar surface area (TPSA) is 66.8 Å². The fourth-order valence-corrected chi connectivity index (χ4v) is 3.09. The second kappa shape index (κ2) is 4.64. The molecule has 5 heteroatoms. The smallest absolute Gasteiger partial charge is 0.332 e. The second-order valence-corrected chi connectivity index (χ2v) is 4.74. The van der Waals surface area contributed by atoms with Gasteiger partial charge in [0, 0.05) is 6.42 Å². The lowest BCUT2D eigenvalue weighted by Gasteiger charge is -2.42. The zero-order valence-electron chi connectivity index (χ0n) is 10.1. The first-order chi connectivity index (χ1) is 8.15. The number of nitrogens with zero attached hydrogens (tertiary/aromatic N) is 1. The molecule has 96 valence electrons. The van der Waals surface area contributed by atoms with Crippen molar-refractivity contribution in [2.24, 2.45) is 0 Å². The Morgan fingerprint density at radius 1 is 1.59 bits per heavy atom. The van der Waals surface area contributed by atoms with Crippen LogP contribution in [-0.4, -0.2) is 46.7 Å². The summed E-state index contributed by atoms with van der Waals surface area (Å²) in [5.74, 6) is -0.329. The lowest BCUT2D eigenvalue weighted by atomic mass is 9.86. The average Bonchev–Trinajstić information content (AvgIpc) is 2.71. The molecule has 2 fully saturated rings. The molecule has 0 unspecified atom stereocenters. The molecule has 0 aromatic carbocycles. The molecule has 2 aliphatic heterocycles. The van der Waals surface area contributed by atoms with Gasteiger partial charge in [0.05, 0.1) is 19.3 Å². The summed E-state index contributed by atoms with van der Waals surface area (Å²) in [6.07, 6.45) is 3.15. The predicted molar refractivity (Wildman–Crippen MR) is 60.2 cm³/mol. The zero-order valence-corrected chi connectivity index (χ0v) is 10.1. The molecule has 1 N–H and O–H groups in total. The summed E-state index contributed by atoms with van der Waals surface area (Å²) in [4.78, 5) is 25.7. The van der Waals surface area contributed by atoms with E-state index in [0.29, 0.717) is 32.3 Å². The van der Waals surface area contributed by atoms with E-state index in [2.05, 4.69) is 0 Å². The Labute approximate surface area is 101 Å². The minimum Gasteiger partial charge on any atom is -0.464 e. The lowest BCUT2D eigenvalue weighted by molar-refractivity contribution is -0.167. The summed E-state index contributed by atoms with van der Waals surface area (Å²) in [6, 6.07) is -0.216. The first-order valence-electron chi connectivity index (χ1n) is 6.26. The summed E-state index contributed by atoms with van der Waals surface area (Å²) in [6.45, 7) is 2.02. The molecule has 2 heterocycles. The van der Waals surface area contributed by atoms with Gasteiger partial charge < -0.3 is 14.7 Å². The number of amides is 1. The van der Waals surface area contributed by atoms with Crippen molar-refractivity contribution < 1.29 is 19.4 Å². The summed E-state index contributed by atoms with van der Waals surface area (Å²) >= 11 is 0. The highest BCUT2D eigenvalue weighted by Gasteiger charge is 2.55. The van der Waals surface area contributed by atoms with Gasteiger partial charge in [-0.25, -0.2) is 4.79 Å². The van der Waals surface area contributed by atoms with Crippen LogP contribution in [0.15, 0.2) is 0 Å². The molecule has 0 spiro atoms. The number of carbonyl (C=O) groups excluding carboxylic acids is 2. The van der Waals surface area contributed by atoms with E-state index in [4.69, 9.17) is 4.74 Å². The molecule has 2 saturated heterocycles. The van der Waals surface area contributed by atoms with Gasteiger partial charge in [0.1, 0.15) is 5.54 Å². The molecule has 2 aliphatic rings. The van der Waals surface area contributed by atoms with Gasteiger partial charge in [-0.3, -0.25) is 4.79 Å². The number of piperidine rings is 1. The van der Waals surface area contributed by atoms with Crippen LogP contribution in [0.1, 0.15) is 39.0 Å². The summed E-state index contributed by atoms with van der Waals surface area (Å²) in [7, 11) is 0. The Hall–Kier alpha value is -1.10. The van der Waals surface area contributed by atoms with Gasteiger partial charge in [-0.2, -0.15) is 0 Å². The van der Waals surface area contributed by atoms with Crippen LogP contribution < -0.4 is 0 Å². The molecular weight excluding hydrogens is 222 g/mol. The van der Waals surface area contributed by atoms with Crippen molar-refractivity contribution in [3.8, 4) is 0 Å². The van der Waals surface area contributed by atoms with Gasteiger partial charge in [-0.05, 0) is 32.6 Å². The molecule has 0 bridgehead atoms.